The van der Waals surface area contributed by atoms with Crippen molar-refractivity contribution in [1.29, 1.82) is 0 Å². The van der Waals surface area contributed by atoms with Gasteiger partial charge in [0.2, 0.25) is 10.9 Å². The molecule has 0 fully saturated rings. The molecule has 0 saturated carbocycles. The van der Waals surface area contributed by atoms with Gasteiger partial charge in [-0.25, -0.2) is 0 Å². The maximum absolute atomic E-state index is 9.16. The summed E-state index contributed by atoms with van der Waals surface area (Å²) in [6.45, 7) is 7.16. The van der Waals surface area contributed by atoms with Crippen molar-refractivity contribution in [2.45, 2.75) is 13.8 Å². The zero-order valence-corrected chi connectivity index (χ0v) is 13.6. The monoisotopic (exact) mass is 320 g/mol. The molecule has 22 heavy (non-hydrogen) atoms. The summed E-state index contributed by atoms with van der Waals surface area (Å²) in [7, 11) is 0. The number of hydrogen-bond donors (Lipinski definition) is 1. The molecule has 7 heteroatoms. The van der Waals surface area contributed by atoms with Crippen LogP contribution in [0.1, 0.15) is 19.7 Å². The van der Waals surface area contributed by atoms with Crippen LogP contribution < -0.4 is 0 Å². The van der Waals surface area contributed by atoms with Gasteiger partial charge in [-0.15, -0.1) is 0 Å². The molecule has 0 unspecified atom stereocenters. The second kappa shape index (κ2) is 8.55. The Kier molecular flexibility index (Phi) is 6.42. The molecule has 1 heterocycles. The molecule has 6 nitrogen and oxygen atoms in total. The summed E-state index contributed by atoms with van der Waals surface area (Å²) in [5.74, 6) is 1.52. The smallest absolute Gasteiger partial charge is 0.286 e. The second-order valence-corrected chi connectivity index (χ2v) is 5.65. The first kappa shape index (κ1) is 16.5. The number of benzene rings is 1. The van der Waals surface area contributed by atoms with E-state index in [9.17, 15) is 0 Å². The second-order valence-electron chi connectivity index (χ2n) is 4.57. The van der Waals surface area contributed by atoms with Crippen molar-refractivity contribution >= 4 is 16.8 Å². The lowest BCUT2D eigenvalue weighted by molar-refractivity contribution is 0.317. The minimum absolute atomic E-state index is 0.242. The van der Waals surface area contributed by atoms with Crippen molar-refractivity contribution in [1.82, 2.24) is 15.0 Å². The van der Waals surface area contributed by atoms with E-state index < -0.39 is 0 Å². The van der Waals surface area contributed by atoms with Crippen LogP contribution >= 0.6 is 11.8 Å². The molecule has 1 aromatic carbocycles. The third kappa shape index (κ3) is 4.32. The van der Waals surface area contributed by atoms with Crippen LogP contribution in [-0.4, -0.2) is 50.7 Å². The Labute approximate surface area is 134 Å². The first-order chi connectivity index (χ1) is 10.8. The van der Waals surface area contributed by atoms with E-state index in [2.05, 4.69) is 34.0 Å². The largest absolute Gasteiger partial charge is 0.410 e. The number of rotatable bonds is 7. The van der Waals surface area contributed by atoms with Gasteiger partial charge in [0.05, 0.1) is 0 Å². The van der Waals surface area contributed by atoms with Gasteiger partial charge in [0.15, 0.2) is 0 Å². The molecule has 0 radical (unpaired) electrons. The molecular formula is C15H20N4O2S. The molecule has 0 atom stereocenters. The Morgan fingerprint density at radius 2 is 2.00 bits per heavy atom. The summed E-state index contributed by atoms with van der Waals surface area (Å²) in [5, 5.41) is 16.7. The molecular weight excluding hydrogens is 300 g/mol. The van der Waals surface area contributed by atoms with E-state index >= 15 is 0 Å². The molecule has 0 amide bonds. The van der Waals surface area contributed by atoms with E-state index in [4.69, 9.17) is 9.73 Å². The molecule has 2 aromatic rings. The van der Waals surface area contributed by atoms with Crippen molar-refractivity contribution in [3.05, 3.63) is 36.2 Å². The summed E-state index contributed by atoms with van der Waals surface area (Å²) >= 11 is 1.40. The number of hydrogen-bond acceptors (Lipinski definition) is 7. The van der Waals surface area contributed by atoms with Crippen LogP contribution in [0.15, 0.2) is 40.0 Å². The average Bonchev–Trinajstić information content (AvgIpc) is 3.06. The maximum atomic E-state index is 9.16. The van der Waals surface area contributed by atoms with Crippen LogP contribution in [0.4, 0.5) is 0 Å². The normalized spacial score (nSPS) is 12.0. The van der Waals surface area contributed by atoms with Crippen molar-refractivity contribution in [2.24, 2.45) is 5.16 Å². The Morgan fingerprint density at radius 1 is 1.27 bits per heavy atom. The molecule has 0 aliphatic heterocycles. The van der Waals surface area contributed by atoms with E-state index in [0.29, 0.717) is 10.9 Å². The van der Waals surface area contributed by atoms with Crippen LogP contribution in [0, 0.1) is 0 Å². The SMILES string of the molecule is CCN(CC)CCS/C(=N\O)c1nc(-c2ccccc2)no1. The quantitative estimate of drug-likeness (QED) is 0.366. The molecule has 1 N–H and O–H groups in total. The standard InChI is InChI=1S/C15H20N4O2S/c1-3-19(4-2)10-11-22-15(17-20)14-16-13(18-21-14)12-8-6-5-7-9-12/h5-9,20H,3-4,10-11H2,1-2H3/b17-15-. The molecule has 2 rings (SSSR count). The number of nitrogens with zero attached hydrogens (tertiary/aromatic N) is 4. The number of thioether (sulfide) groups is 1. The highest BCUT2D eigenvalue weighted by Gasteiger charge is 2.16. The fourth-order valence-electron chi connectivity index (χ4n) is 1.96. The van der Waals surface area contributed by atoms with E-state index in [0.717, 1.165) is 31.0 Å². The van der Waals surface area contributed by atoms with Gasteiger partial charge in [-0.1, -0.05) is 66.3 Å². The zero-order valence-electron chi connectivity index (χ0n) is 12.8. The van der Waals surface area contributed by atoms with Crippen LogP contribution in [0.25, 0.3) is 11.4 Å². The van der Waals surface area contributed by atoms with Gasteiger partial charge in [-0.3, -0.25) is 0 Å². The highest BCUT2D eigenvalue weighted by molar-refractivity contribution is 8.14. The topological polar surface area (TPSA) is 74.8 Å². The van der Waals surface area contributed by atoms with E-state index in [1.807, 2.05) is 30.3 Å². The van der Waals surface area contributed by atoms with Crippen molar-refractivity contribution < 1.29 is 9.73 Å². The highest BCUT2D eigenvalue weighted by Crippen LogP contribution is 2.18. The predicted octanol–water partition coefficient (Wildman–Crippen LogP) is 2.95. The van der Waals surface area contributed by atoms with Crippen molar-refractivity contribution in [3.63, 3.8) is 0 Å². The Bertz CT molecular complexity index is 597. The van der Waals surface area contributed by atoms with E-state index in [1.165, 1.54) is 11.8 Å². The summed E-state index contributed by atoms with van der Waals surface area (Å²) in [4.78, 5) is 6.58. The van der Waals surface area contributed by atoms with Gasteiger partial charge in [0.1, 0.15) is 0 Å². The summed E-state index contributed by atoms with van der Waals surface area (Å²) in [6.07, 6.45) is 0. The third-order valence-corrected chi connectivity index (χ3v) is 4.19. The van der Waals surface area contributed by atoms with Gasteiger partial charge in [-0.05, 0) is 13.1 Å². The highest BCUT2D eigenvalue weighted by atomic mass is 32.2. The van der Waals surface area contributed by atoms with Gasteiger partial charge in [0, 0.05) is 17.9 Å². The predicted molar refractivity (Wildman–Crippen MR) is 88.3 cm³/mol. The van der Waals surface area contributed by atoms with Gasteiger partial charge in [0.25, 0.3) is 5.89 Å². The van der Waals surface area contributed by atoms with Crippen molar-refractivity contribution in [3.8, 4) is 11.4 Å². The van der Waals surface area contributed by atoms with Crippen molar-refractivity contribution in [2.75, 3.05) is 25.4 Å². The Morgan fingerprint density at radius 3 is 2.64 bits per heavy atom. The number of aromatic nitrogens is 2. The minimum Gasteiger partial charge on any atom is -0.410 e. The molecule has 0 aliphatic carbocycles. The molecule has 118 valence electrons. The summed E-state index contributed by atoms with van der Waals surface area (Å²) in [6, 6.07) is 9.54. The lowest BCUT2D eigenvalue weighted by Gasteiger charge is -2.16. The number of oxime groups is 1. The van der Waals surface area contributed by atoms with E-state index in [1.54, 1.807) is 0 Å². The third-order valence-electron chi connectivity index (χ3n) is 3.27. The molecule has 1 aromatic heterocycles. The van der Waals surface area contributed by atoms with Gasteiger partial charge >= 0.3 is 0 Å². The van der Waals surface area contributed by atoms with E-state index in [-0.39, 0.29) is 5.89 Å². The maximum Gasteiger partial charge on any atom is 0.286 e. The van der Waals surface area contributed by atoms with Crippen LogP contribution in [0.3, 0.4) is 0 Å². The molecule has 0 bridgehead atoms. The van der Waals surface area contributed by atoms with Crippen LogP contribution in [0.2, 0.25) is 0 Å². The molecule has 0 spiro atoms. The lowest BCUT2D eigenvalue weighted by atomic mass is 10.2. The fraction of sp³-hybridized carbons (Fsp3) is 0.400. The summed E-state index contributed by atoms with van der Waals surface area (Å²) in [5.41, 5.74) is 0.864. The first-order valence-corrected chi connectivity index (χ1v) is 8.23. The molecule has 0 aliphatic rings. The zero-order chi connectivity index (χ0) is 15.8. The fourth-order valence-corrected chi connectivity index (χ4v) is 2.77. The summed E-state index contributed by atoms with van der Waals surface area (Å²) < 4.78 is 5.20. The first-order valence-electron chi connectivity index (χ1n) is 7.25. The Balaban J connectivity index is 1.99. The minimum atomic E-state index is 0.242. The lowest BCUT2D eigenvalue weighted by Crippen LogP contribution is -2.25. The average molecular weight is 320 g/mol. The van der Waals surface area contributed by atoms with Crippen LogP contribution in [-0.2, 0) is 0 Å². The molecule has 0 saturated heterocycles. The van der Waals surface area contributed by atoms with Gasteiger partial charge < -0.3 is 14.6 Å². The Hall–Kier alpha value is -1.86. The van der Waals surface area contributed by atoms with Gasteiger partial charge in [-0.2, -0.15) is 4.98 Å². The van der Waals surface area contributed by atoms with Crippen LogP contribution in [0.5, 0.6) is 0 Å².